The maximum absolute atomic E-state index is 12.3. The summed E-state index contributed by atoms with van der Waals surface area (Å²) in [6, 6.07) is 7.60. The second-order valence-electron chi connectivity index (χ2n) is 6.12. The normalized spacial score (nSPS) is 14.7. The van der Waals surface area contributed by atoms with Crippen LogP contribution < -0.4 is 10.1 Å². The lowest BCUT2D eigenvalue weighted by Gasteiger charge is -2.26. The molecule has 1 saturated heterocycles. The van der Waals surface area contributed by atoms with Crippen LogP contribution >= 0.6 is 0 Å². The van der Waals surface area contributed by atoms with E-state index in [9.17, 15) is 14.9 Å². The smallest absolute Gasteiger partial charge is 0.350 e. The van der Waals surface area contributed by atoms with Gasteiger partial charge in [-0.3, -0.25) is 24.5 Å². The van der Waals surface area contributed by atoms with Crippen LogP contribution in [0.15, 0.2) is 30.5 Å². The maximum Gasteiger partial charge on any atom is 0.350 e. The summed E-state index contributed by atoms with van der Waals surface area (Å²) in [5, 5.41) is 17.6. The Morgan fingerprint density at radius 2 is 2.19 bits per heavy atom. The number of hydrogen-bond acceptors (Lipinski definition) is 7. The third-order valence-corrected chi connectivity index (χ3v) is 4.13. The monoisotopic (exact) mass is 375 g/mol. The number of nitrogens with zero attached hydrogens (tertiary/aromatic N) is 4. The minimum atomic E-state index is -0.602. The summed E-state index contributed by atoms with van der Waals surface area (Å²) in [6.07, 6.45) is 1.17. The van der Waals surface area contributed by atoms with Crippen molar-refractivity contribution in [2.45, 2.75) is 13.1 Å². The number of carbonyl (C=O) groups excluding carboxylic acids is 1. The summed E-state index contributed by atoms with van der Waals surface area (Å²) in [6.45, 7) is 3.87. The first kappa shape index (κ1) is 18.8. The Morgan fingerprint density at radius 3 is 2.85 bits per heavy atom. The topological polar surface area (TPSA) is 112 Å². The highest BCUT2D eigenvalue weighted by Crippen LogP contribution is 2.24. The van der Waals surface area contributed by atoms with E-state index in [4.69, 9.17) is 9.47 Å². The van der Waals surface area contributed by atoms with E-state index in [0.29, 0.717) is 5.69 Å². The van der Waals surface area contributed by atoms with E-state index in [-0.39, 0.29) is 24.0 Å². The number of aromatic nitrogens is 2. The van der Waals surface area contributed by atoms with Gasteiger partial charge in [-0.25, -0.2) is 0 Å². The lowest BCUT2D eigenvalue weighted by atomic mass is 10.2. The van der Waals surface area contributed by atoms with Crippen molar-refractivity contribution in [2.24, 2.45) is 0 Å². The molecule has 1 aromatic carbocycles. The van der Waals surface area contributed by atoms with Gasteiger partial charge >= 0.3 is 11.6 Å². The molecule has 0 bridgehead atoms. The van der Waals surface area contributed by atoms with Crippen molar-refractivity contribution in [1.82, 2.24) is 14.7 Å². The molecule has 1 aliphatic heterocycles. The van der Waals surface area contributed by atoms with Crippen molar-refractivity contribution in [3.63, 3.8) is 0 Å². The number of methoxy groups -OCH3 is 1. The molecule has 1 aromatic heterocycles. The van der Waals surface area contributed by atoms with Gasteiger partial charge in [-0.15, -0.1) is 5.10 Å². The Kier molecular flexibility index (Phi) is 5.99. The lowest BCUT2D eigenvalue weighted by molar-refractivity contribution is -0.385. The van der Waals surface area contributed by atoms with E-state index in [1.165, 1.54) is 18.0 Å². The van der Waals surface area contributed by atoms with E-state index in [2.05, 4.69) is 15.3 Å². The largest absolute Gasteiger partial charge is 0.475 e. The standard InChI is InChI=1S/C17H21N5O5/c1-26-17-15(22(24)25)11-21(19-17)12-16(23)18-14-4-2-3-13(9-14)10-20-5-7-27-8-6-20/h2-4,9,11H,5-8,10,12H2,1H3,(H,18,23). The van der Waals surface area contributed by atoms with Crippen molar-refractivity contribution in [1.29, 1.82) is 0 Å². The molecule has 0 radical (unpaired) electrons. The van der Waals surface area contributed by atoms with E-state index in [0.717, 1.165) is 38.4 Å². The SMILES string of the molecule is COc1nn(CC(=O)Nc2cccc(CN3CCOCC3)c2)cc1[N+](=O)[O-]. The molecule has 1 N–H and O–H groups in total. The third-order valence-electron chi connectivity index (χ3n) is 4.13. The number of amides is 1. The van der Waals surface area contributed by atoms with Gasteiger partial charge in [0.1, 0.15) is 12.7 Å². The molecule has 0 saturated carbocycles. The molecule has 10 nitrogen and oxygen atoms in total. The summed E-state index contributed by atoms with van der Waals surface area (Å²) in [5.74, 6) is -0.459. The molecule has 2 aromatic rings. The van der Waals surface area contributed by atoms with E-state index >= 15 is 0 Å². The summed E-state index contributed by atoms with van der Waals surface area (Å²) < 4.78 is 11.4. The molecule has 1 aliphatic rings. The fraction of sp³-hybridized carbons (Fsp3) is 0.412. The average Bonchev–Trinajstić information content (AvgIpc) is 3.06. The van der Waals surface area contributed by atoms with Crippen LogP contribution in [0.5, 0.6) is 5.88 Å². The highest BCUT2D eigenvalue weighted by Gasteiger charge is 2.21. The average molecular weight is 375 g/mol. The Hall–Kier alpha value is -2.98. The van der Waals surface area contributed by atoms with Crippen LogP contribution in [-0.2, 0) is 22.6 Å². The second-order valence-corrected chi connectivity index (χ2v) is 6.12. The molecule has 0 atom stereocenters. The zero-order valence-corrected chi connectivity index (χ0v) is 15.0. The van der Waals surface area contributed by atoms with Crippen molar-refractivity contribution < 1.29 is 19.2 Å². The number of nitro groups is 1. The Balaban J connectivity index is 1.60. The molecule has 3 rings (SSSR count). The molecule has 27 heavy (non-hydrogen) atoms. The van der Waals surface area contributed by atoms with E-state index < -0.39 is 4.92 Å². The first-order valence-electron chi connectivity index (χ1n) is 8.50. The van der Waals surface area contributed by atoms with Crippen LogP contribution in [0.1, 0.15) is 5.56 Å². The number of carbonyl (C=O) groups is 1. The minimum Gasteiger partial charge on any atom is -0.475 e. The molecule has 144 valence electrons. The zero-order valence-electron chi connectivity index (χ0n) is 15.0. The molecule has 0 spiro atoms. The van der Waals surface area contributed by atoms with Gasteiger partial charge in [-0.05, 0) is 17.7 Å². The fourth-order valence-corrected chi connectivity index (χ4v) is 2.86. The van der Waals surface area contributed by atoms with Crippen LogP contribution in [0.2, 0.25) is 0 Å². The van der Waals surface area contributed by atoms with Crippen LogP contribution in [0.3, 0.4) is 0 Å². The molecule has 2 heterocycles. The van der Waals surface area contributed by atoms with E-state index in [1.54, 1.807) is 6.07 Å². The number of rotatable bonds is 7. The summed E-state index contributed by atoms with van der Waals surface area (Å²) in [4.78, 5) is 24.9. The number of ether oxygens (including phenoxy) is 2. The van der Waals surface area contributed by atoms with Gasteiger partial charge in [-0.1, -0.05) is 12.1 Å². The van der Waals surface area contributed by atoms with Crippen molar-refractivity contribution >= 4 is 17.3 Å². The number of nitrogens with one attached hydrogen (secondary N) is 1. The molecular formula is C17H21N5O5. The lowest BCUT2D eigenvalue weighted by Crippen LogP contribution is -2.35. The van der Waals surface area contributed by atoms with Gasteiger partial charge in [0.25, 0.3) is 0 Å². The first-order valence-corrected chi connectivity index (χ1v) is 8.50. The maximum atomic E-state index is 12.3. The van der Waals surface area contributed by atoms with Gasteiger partial charge in [0.2, 0.25) is 5.91 Å². The second kappa shape index (κ2) is 8.60. The van der Waals surface area contributed by atoms with Gasteiger partial charge in [-0.2, -0.15) is 0 Å². The predicted octanol–water partition coefficient (Wildman–Crippen LogP) is 1.27. The van der Waals surface area contributed by atoms with Crippen LogP contribution in [0.4, 0.5) is 11.4 Å². The molecule has 1 amide bonds. The fourth-order valence-electron chi connectivity index (χ4n) is 2.86. The van der Waals surface area contributed by atoms with Gasteiger partial charge < -0.3 is 14.8 Å². The number of hydrogen-bond donors (Lipinski definition) is 1. The Bertz CT molecular complexity index is 816. The van der Waals surface area contributed by atoms with Crippen LogP contribution in [0, 0.1) is 10.1 Å². The van der Waals surface area contributed by atoms with Gasteiger partial charge in [0.05, 0.1) is 25.2 Å². The van der Waals surface area contributed by atoms with Crippen molar-refractivity contribution in [3.05, 3.63) is 46.1 Å². The Morgan fingerprint density at radius 1 is 1.41 bits per heavy atom. The predicted molar refractivity (Wildman–Crippen MR) is 96.6 cm³/mol. The van der Waals surface area contributed by atoms with Crippen LogP contribution in [0.25, 0.3) is 0 Å². The van der Waals surface area contributed by atoms with Crippen LogP contribution in [-0.4, -0.2) is 58.9 Å². The quantitative estimate of drug-likeness (QED) is 0.573. The molecule has 1 fully saturated rings. The van der Waals surface area contributed by atoms with Crippen molar-refractivity contribution in [2.75, 3.05) is 38.7 Å². The third kappa shape index (κ3) is 5.02. The zero-order chi connectivity index (χ0) is 19.2. The molecular weight excluding hydrogens is 354 g/mol. The van der Waals surface area contributed by atoms with E-state index in [1.807, 2.05) is 18.2 Å². The first-order chi connectivity index (χ1) is 13.0. The molecule has 0 aliphatic carbocycles. The number of morpholine rings is 1. The van der Waals surface area contributed by atoms with Gasteiger partial charge in [0, 0.05) is 25.3 Å². The highest BCUT2D eigenvalue weighted by atomic mass is 16.6. The number of anilines is 1. The summed E-state index contributed by atoms with van der Waals surface area (Å²) in [7, 11) is 1.29. The van der Waals surface area contributed by atoms with Crippen molar-refractivity contribution in [3.8, 4) is 5.88 Å². The summed E-state index contributed by atoms with van der Waals surface area (Å²) in [5.41, 5.74) is 1.48. The minimum absolute atomic E-state index is 0.125. The molecule has 0 unspecified atom stereocenters. The Labute approximate surface area is 155 Å². The summed E-state index contributed by atoms with van der Waals surface area (Å²) >= 11 is 0. The van der Waals surface area contributed by atoms with Gasteiger partial charge in [0.15, 0.2) is 0 Å². The highest BCUT2D eigenvalue weighted by molar-refractivity contribution is 5.90. The number of benzene rings is 1. The molecule has 10 heteroatoms.